The van der Waals surface area contributed by atoms with Crippen LogP contribution in [-0.2, 0) is 16.1 Å². The molecule has 0 radical (unpaired) electrons. The van der Waals surface area contributed by atoms with Crippen LogP contribution >= 0.6 is 23.2 Å². The molecule has 2 rings (SSSR count). The van der Waals surface area contributed by atoms with Crippen LogP contribution in [0.2, 0.25) is 10.0 Å². The van der Waals surface area contributed by atoms with E-state index in [2.05, 4.69) is 5.32 Å². The second-order valence-electron chi connectivity index (χ2n) is 5.27. The van der Waals surface area contributed by atoms with Crippen LogP contribution in [0.3, 0.4) is 0 Å². The van der Waals surface area contributed by atoms with Gasteiger partial charge in [0.05, 0.1) is 0 Å². The SMILES string of the molecule is CC(=O)N(CCC(=O)NCc1ccccc1Cl)c1ccc(Cl)cc1. The van der Waals surface area contributed by atoms with E-state index in [0.717, 1.165) is 5.56 Å². The molecular weight excluding hydrogens is 347 g/mol. The summed E-state index contributed by atoms with van der Waals surface area (Å²) in [7, 11) is 0. The van der Waals surface area contributed by atoms with Crippen LogP contribution in [-0.4, -0.2) is 18.4 Å². The van der Waals surface area contributed by atoms with Gasteiger partial charge in [-0.15, -0.1) is 0 Å². The summed E-state index contributed by atoms with van der Waals surface area (Å²) in [5.41, 5.74) is 1.57. The Labute approximate surface area is 151 Å². The van der Waals surface area contributed by atoms with Gasteiger partial charge in [0.1, 0.15) is 0 Å². The van der Waals surface area contributed by atoms with Crippen molar-refractivity contribution in [1.29, 1.82) is 0 Å². The first-order valence-electron chi connectivity index (χ1n) is 7.51. The van der Waals surface area contributed by atoms with E-state index in [-0.39, 0.29) is 18.2 Å². The minimum absolute atomic E-state index is 0.128. The molecule has 0 bridgehead atoms. The smallest absolute Gasteiger partial charge is 0.223 e. The molecule has 4 nitrogen and oxygen atoms in total. The zero-order valence-corrected chi connectivity index (χ0v) is 14.8. The van der Waals surface area contributed by atoms with Crippen LogP contribution in [0.25, 0.3) is 0 Å². The minimum atomic E-state index is -0.143. The molecule has 0 aliphatic carbocycles. The lowest BCUT2D eigenvalue weighted by molar-refractivity contribution is -0.121. The van der Waals surface area contributed by atoms with Crippen LogP contribution < -0.4 is 10.2 Å². The van der Waals surface area contributed by atoms with Gasteiger partial charge in [0.15, 0.2) is 0 Å². The predicted molar refractivity (Wildman–Crippen MR) is 97.4 cm³/mol. The second-order valence-corrected chi connectivity index (χ2v) is 6.11. The second kappa shape index (κ2) is 8.71. The van der Waals surface area contributed by atoms with Crippen molar-refractivity contribution in [1.82, 2.24) is 5.32 Å². The highest BCUT2D eigenvalue weighted by Gasteiger charge is 2.13. The van der Waals surface area contributed by atoms with Crippen molar-refractivity contribution in [2.24, 2.45) is 0 Å². The Balaban J connectivity index is 1.90. The number of carbonyl (C=O) groups excluding carboxylic acids is 2. The Bertz CT molecular complexity index is 717. The number of halogens is 2. The fourth-order valence-corrected chi connectivity index (χ4v) is 2.56. The lowest BCUT2D eigenvalue weighted by Crippen LogP contribution is -2.33. The van der Waals surface area contributed by atoms with Crippen molar-refractivity contribution in [2.45, 2.75) is 19.9 Å². The van der Waals surface area contributed by atoms with Crippen LogP contribution in [0.1, 0.15) is 18.9 Å². The Morgan fingerprint density at radius 1 is 1.04 bits per heavy atom. The number of carbonyl (C=O) groups is 2. The third-order valence-corrected chi connectivity index (χ3v) is 4.14. The molecule has 6 heteroatoms. The topological polar surface area (TPSA) is 49.4 Å². The van der Waals surface area contributed by atoms with Crippen molar-refractivity contribution in [3.8, 4) is 0 Å². The molecule has 126 valence electrons. The molecule has 2 aromatic rings. The van der Waals surface area contributed by atoms with Gasteiger partial charge < -0.3 is 10.2 Å². The number of benzene rings is 2. The summed E-state index contributed by atoms with van der Waals surface area (Å²) in [6.45, 7) is 2.13. The summed E-state index contributed by atoms with van der Waals surface area (Å²) in [6, 6.07) is 14.3. The predicted octanol–water partition coefficient (Wildman–Crippen LogP) is 4.05. The molecule has 2 amide bonds. The van der Waals surface area contributed by atoms with Crippen LogP contribution in [0.15, 0.2) is 48.5 Å². The Morgan fingerprint density at radius 2 is 1.71 bits per heavy atom. The molecule has 0 aliphatic heterocycles. The van der Waals surface area contributed by atoms with Crippen molar-refractivity contribution in [3.05, 3.63) is 64.1 Å². The Hall–Kier alpha value is -2.04. The van der Waals surface area contributed by atoms with Crippen LogP contribution in [0.5, 0.6) is 0 Å². The van der Waals surface area contributed by atoms with Crippen molar-refractivity contribution >= 4 is 40.7 Å². The number of nitrogens with one attached hydrogen (secondary N) is 1. The first-order chi connectivity index (χ1) is 11.5. The summed E-state index contributed by atoms with van der Waals surface area (Å²) >= 11 is 11.9. The summed E-state index contributed by atoms with van der Waals surface area (Å²) in [6.07, 6.45) is 0.201. The number of hydrogen-bond donors (Lipinski definition) is 1. The Morgan fingerprint density at radius 3 is 2.33 bits per heavy atom. The average Bonchev–Trinajstić information content (AvgIpc) is 2.55. The number of anilines is 1. The molecule has 0 aliphatic rings. The van der Waals surface area contributed by atoms with E-state index < -0.39 is 0 Å². The van der Waals surface area contributed by atoms with E-state index >= 15 is 0 Å². The third-order valence-electron chi connectivity index (χ3n) is 3.51. The van der Waals surface area contributed by atoms with Gasteiger partial charge in [-0.2, -0.15) is 0 Å². The lowest BCUT2D eigenvalue weighted by Gasteiger charge is -2.21. The van der Waals surface area contributed by atoms with Gasteiger partial charge >= 0.3 is 0 Å². The molecule has 0 unspecified atom stereocenters. The van der Waals surface area contributed by atoms with E-state index in [0.29, 0.717) is 28.8 Å². The molecule has 0 saturated carbocycles. The van der Waals surface area contributed by atoms with Gasteiger partial charge in [-0.3, -0.25) is 9.59 Å². The molecule has 0 atom stereocenters. The molecule has 2 aromatic carbocycles. The van der Waals surface area contributed by atoms with E-state index in [4.69, 9.17) is 23.2 Å². The quantitative estimate of drug-likeness (QED) is 0.840. The average molecular weight is 365 g/mol. The fraction of sp³-hybridized carbons (Fsp3) is 0.222. The molecule has 24 heavy (non-hydrogen) atoms. The van der Waals surface area contributed by atoms with Gasteiger partial charge in [-0.1, -0.05) is 41.4 Å². The maximum Gasteiger partial charge on any atom is 0.223 e. The van der Waals surface area contributed by atoms with Crippen molar-refractivity contribution in [2.75, 3.05) is 11.4 Å². The van der Waals surface area contributed by atoms with E-state index in [9.17, 15) is 9.59 Å². The summed E-state index contributed by atoms with van der Waals surface area (Å²) in [4.78, 5) is 25.4. The Kier molecular flexibility index (Phi) is 6.64. The summed E-state index contributed by atoms with van der Waals surface area (Å²) in [5.74, 6) is -0.272. The van der Waals surface area contributed by atoms with Gasteiger partial charge in [0.2, 0.25) is 11.8 Å². The molecule has 0 saturated heterocycles. The van der Waals surface area contributed by atoms with Gasteiger partial charge in [-0.25, -0.2) is 0 Å². The summed E-state index contributed by atoms with van der Waals surface area (Å²) < 4.78 is 0. The normalized spacial score (nSPS) is 10.3. The summed E-state index contributed by atoms with van der Waals surface area (Å²) in [5, 5.41) is 4.02. The van der Waals surface area contributed by atoms with Crippen molar-refractivity contribution in [3.63, 3.8) is 0 Å². The first-order valence-corrected chi connectivity index (χ1v) is 8.26. The first kappa shape index (κ1) is 18.3. The van der Waals surface area contributed by atoms with E-state index in [1.54, 1.807) is 35.2 Å². The maximum atomic E-state index is 12.0. The highest BCUT2D eigenvalue weighted by molar-refractivity contribution is 6.31. The standard InChI is InChI=1S/C18H18Cl2N2O2/c1-13(23)22(16-8-6-15(19)7-9-16)11-10-18(24)21-12-14-4-2-3-5-17(14)20/h2-9H,10-12H2,1H3,(H,21,24). The monoisotopic (exact) mass is 364 g/mol. The molecule has 0 spiro atoms. The number of hydrogen-bond acceptors (Lipinski definition) is 2. The molecular formula is C18H18Cl2N2O2. The number of rotatable bonds is 6. The fourth-order valence-electron chi connectivity index (χ4n) is 2.23. The maximum absolute atomic E-state index is 12.0. The van der Waals surface area contributed by atoms with Crippen molar-refractivity contribution < 1.29 is 9.59 Å². The largest absolute Gasteiger partial charge is 0.352 e. The lowest BCUT2D eigenvalue weighted by atomic mass is 10.2. The highest BCUT2D eigenvalue weighted by atomic mass is 35.5. The van der Waals surface area contributed by atoms with E-state index in [1.807, 2.05) is 18.2 Å². The van der Waals surface area contributed by atoms with Crippen LogP contribution in [0, 0.1) is 0 Å². The molecule has 1 N–H and O–H groups in total. The van der Waals surface area contributed by atoms with E-state index in [1.165, 1.54) is 6.92 Å². The van der Waals surface area contributed by atoms with Gasteiger partial charge in [0.25, 0.3) is 0 Å². The molecule has 0 aromatic heterocycles. The number of nitrogens with zero attached hydrogens (tertiary/aromatic N) is 1. The van der Waals surface area contributed by atoms with Gasteiger partial charge in [0, 0.05) is 42.2 Å². The molecule has 0 fully saturated rings. The third kappa shape index (κ3) is 5.25. The van der Waals surface area contributed by atoms with Gasteiger partial charge in [-0.05, 0) is 35.9 Å². The molecule has 0 heterocycles. The highest BCUT2D eigenvalue weighted by Crippen LogP contribution is 2.18. The zero-order chi connectivity index (χ0) is 17.5. The zero-order valence-electron chi connectivity index (χ0n) is 13.3. The minimum Gasteiger partial charge on any atom is -0.352 e. The van der Waals surface area contributed by atoms with Crippen LogP contribution in [0.4, 0.5) is 5.69 Å². The number of amides is 2.